The van der Waals surface area contributed by atoms with Gasteiger partial charge in [-0.05, 0) is 36.1 Å². The maximum absolute atomic E-state index is 12.5. The minimum absolute atomic E-state index is 0.122. The molecule has 132 valence electrons. The summed E-state index contributed by atoms with van der Waals surface area (Å²) < 4.78 is 3.52. The maximum atomic E-state index is 12.5. The number of carbonyl (C=O) groups is 1. The van der Waals surface area contributed by atoms with Crippen LogP contribution in [0.25, 0.3) is 16.8 Å². The largest absolute Gasteiger partial charge is 0.366 e. The van der Waals surface area contributed by atoms with E-state index in [2.05, 4.69) is 20.4 Å². The van der Waals surface area contributed by atoms with Gasteiger partial charge in [-0.3, -0.25) is 4.79 Å². The van der Waals surface area contributed by atoms with E-state index >= 15 is 0 Å². The Labute approximate surface area is 153 Å². The van der Waals surface area contributed by atoms with E-state index in [0.717, 1.165) is 17.0 Å². The van der Waals surface area contributed by atoms with Crippen molar-refractivity contribution < 1.29 is 4.79 Å². The van der Waals surface area contributed by atoms with E-state index < -0.39 is 0 Å². The summed E-state index contributed by atoms with van der Waals surface area (Å²) >= 11 is 1.40. The van der Waals surface area contributed by atoms with Gasteiger partial charge in [-0.25, -0.2) is 9.50 Å². The molecule has 4 aromatic heterocycles. The Kier molecular flexibility index (Phi) is 3.92. The molecule has 1 amide bonds. The molecule has 3 N–H and O–H groups in total. The summed E-state index contributed by atoms with van der Waals surface area (Å²) in [7, 11) is 1.90. The Hall–Kier alpha value is -3.20. The maximum Gasteiger partial charge on any atom is 0.261 e. The molecule has 0 aliphatic rings. The van der Waals surface area contributed by atoms with Crippen molar-refractivity contribution in [1.82, 2.24) is 29.5 Å². The quantitative estimate of drug-likeness (QED) is 0.576. The van der Waals surface area contributed by atoms with Gasteiger partial charge in [-0.1, -0.05) is 0 Å². The molecule has 0 saturated carbocycles. The van der Waals surface area contributed by atoms with E-state index in [9.17, 15) is 4.79 Å². The SMILES string of the molecule is CC(NC(=O)c1cc(-c2ccc3nc(N)nn3c2)cs1)c1nccn1C. The third kappa shape index (κ3) is 2.93. The number of thiophene rings is 1. The first kappa shape index (κ1) is 16.3. The summed E-state index contributed by atoms with van der Waals surface area (Å²) in [6.45, 7) is 1.91. The fourth-order valence-corrected chi connectivity index (χ4v) is 3.62. The monoisotopic (exact) mass is 367 g/mol. The van der Waals surface area contributed by atoms with Crippen molar-refractivity contribution in [3.8, 4) is 11.1 Å². The molecule has 0 saturated heterocycles. The molecule has 9 heteroatoms. The van der Waals surface area contributed by atoms with Gasteiger partial charge in [0.25, 0.3) is 5.91 Å². The van der Waals surface area contributed by atoms with Gasteiger partial charge in [0.15, 0.2) is 5.65 Å². The molecule has 0 aliphatic carbocycles. The standard InChI is InChI=1S/C17H17N7OS/c1-10(15-19-5-6-23(15)2)20-16(25)13-7-12(9-26-13)11-3-4-14-21-17(18)22-24(14)8-11/h3-10H,1-2H3,(H2,18,22)(H,20,25). The number of amides is 1. The highest BCUT2D eigenvalue weighted by Crippen LogP contribution is 2.26. The molecule has 0 aliphatic heterocycles. The zero-order valence-electron chi connectivity index (χ0n) is 14.2. The predicted octanol–water partition coefficient (Wildman–Crippen LogP) is 2.26. The van der Waals surface area contributed by atoms with Crippen molar-refractivity contribution in [2.24, 2.45) is 7.05 Å². The average Bonchev–Trinajstić information content (AvgIpc) is 3.31. The molecule has 1 unspecified atom stereocenters. The van der Waals surface area contributed by atoms with Gasteiger partial charge in [0.05, 0.1) is 10.9 Å². The van der Waals surface area contributed by atoms with Crippen LogP contribution < -0.4 is 11.1 Å². The number of hydrogen-bond acceptors (Lipinski definition) is 6. The second kappa shape index (κ2) is 6.26. The Morgan fingerprint density at radius 2 is 2.19 bits per heavy atom. The molecule has 8 nitrogen and oxygen atoms in total. The van der Waals surface area contributed by atoms with Crippen LogP contribution in [0.15, 0.2) is 42.2 Å². The zero-order chi connectivity index (χ0) is 18.3. The van der Waals surface area contributed by atoms with Gasteiger partial charge in [-0.2, -0.15) is 4.98 Å². The first-order chi connectivity index (χ1) is 12.5. The van der Waals surface area contributed by atoms with E-state index in [-0.39, 0.29) is 17.9 Å². The number of hydrogen-bond donors (Lipinski definition) is 2. The number of anilines is 1. The summed E-state index contributed by atoms with van der Waals surface area (Å²) in [6.07, 6.45) is 5.42. The van der Waals surface area contributed by atoms with Gasteiger partial charge in [0.1, 0.15) is 5.82 Å². The van der Waals surface area contributed by atoms with E-state index in [1.54, 1.807) is 10.7 Å². The normalized spacial score (nSPS) is 12.4. The summed E-state index contributed by atoms with van der Waals surface area (Å²) in [4.78, 5) is 21.6. The molecule has 0 aromatic carbocycles. The highest BCUT2D eigenvalue weighted by Gasteiger charge is 2.16. The van der Waals surface area contributed by atoms with Gasteiger partial charge in [-0.15, -0.1) is 16.4 Å². The first-order valence-corrected chi connectivity index (χ1v) is 8.88. The molecule has 4 heterocycles. The van der Waals surface area contributed by atoms with Crippen molar-refractivity contribution in [3.63, 3.8) is 0 Å². The van der Waals surface area contributed by atoms with E-state index in [1.807, 2.05) is 54.5 Å². The van der Waals surface area contributed by atoms with Crippen molar-refractivity contribution in [2.45, 2.75) is 13.0 Å². The van der Waals surface area contributed by atoms with E-state index in [4.69, 9.17) is 5.73 Å². The number of carbonyl (C=O) groups excluding carboxylic acids is 1. The fourth-order valence-electron chi connectivity index (χ4n) is 2.80. The molecule has 0 bridgehead atoms. The van der Waals surface area contributed by atoms with Crippen LogP contribution in [-0.4, -0.2) is 30.1 Å². The number of fused-ring (bicyclic) bond motifs is 1. The summed E-state index contributed by atoms with van der Waals surface area (Å²) in [5.74, 6) is 0.919. The molecule has 4 aromatic rings. The average molecular weight is 367 g/mol. The number of nitrogens with one attached hydrogen (secondary N) is 1. The highest BCUT2D eigenvalue weighted by atomic mass is 32.1. The number of aromatic nitrogens is 5. The summed E-state index contributed by atoms with van der Waals surface area (Å²) in [5.41, 5.74) is 8.19. The van der Waals surface area contributed by atoms with Crippen molar-refractivity contribution in [3.05, 3.63) is 52.9 Å². The number of imidazole rings is 1. The minimum Gasteiger partial charge on any atom is -0.366 e. The molecular formula is C17H17N7OS. The van der Waals surface area contributed by atoms with Crippen LogP contribution in [0.3, 0.4) is 0 Å². The first-order valence-electron chi connectivity index (χ1n) is 8.00. The Balaban J connectivity index is 1.54. The Morgan fingerprint density at radius 3 is 2.96 bits per heavy atom. The van der Waals surface area contributed by atoms with Crippen LogP contribution in [0.1, 0.15) is 28.5 Å². The number of nitrogens with zero attached hydrogens (tertiary/aromatic N) is 5. The predicted molar refractivity (Wildman–Crippen MR) is 99.8 cm³/mol. The molecule has 0 radical (unpaired) electrons. The number of pyridine rings is 1. The molecular weight excluding hydrogens is 350 g/mol. The number of rotatable bonds is 4. The highest BCUT2D eigenvalue weighted by molar-refractivity contribution is 7.12. The lowest BCUT2D eigenvalue weighted by molar-refractivity contribution is 0.0942. The van der Waals surface area contributed by atoms with Gasteiger partial charge in [0.2, 0.25) is 5.95 Å². The third-order valence-corrected chi connectivity index (χ3v) is 5.03. The smallest absolute Gasteiger partial charge is 0.261 e. The molecule has 0 spiro atoms. The van der Waals surface area contributed by atoms with E-state index in [0.29, 0.717) is 10.5 Å². The minimum atomic E-state index is -0.178. The van der Waals surface area contributed by atoms with Gasteiger partial charge in [0, 0.05) is 31.2 Å². The van der Waals surface area contributed by atoms with Gasteiger partial charge < -0.3 is 15.6 Å². The molecule has 26 heavy (non-hydrogen) atoms. The third-order valence-electron chi connectivity index (χ3n) is 4.10. The Bertz CT molecular complexity index is 1090. The second-order valence-corrected chi connectivity index (χ2v) is 6.89. The van der Waals surface area contributed by atoms with Gasteiger partial charge >= 0.3 is 0 Å². The summed E-state index contributed by atoms with van der Waals surface area (Å²) in [5, 5.41) is 9.04. The van der Waals surface area contributed by atoms with Crippen LogP contribution in [0.2, 0.25) is 0 Å². The summed E-state index contributed by atoms with van der Waals surface area (Å²) in [6, 6.07) is 5.47. The van der Waals surface area contributed by atoms with Crippen LogP contribution in [-0.2, 0) is 7.05 Å². The van der Waals surface area contributed by atoms with E-state index in [1.165, 1.54) is 11.3 Å². The number of aryl methyl sites for hydroxylation is 1. The molecule has 0 fully saturated rings. The molecule has 1 atom stereocenters. The van der Waals surface area contributed by atoms with Crippen LogP contribution in [0, 0.1) is 0 Å². The lowest BCUT2D eigenvalue weighted by Gasteiger charge is -2.12. The lowest BCUT2D eigenvalue weighted by Crippen LogP contribution is -2.27. The fraction of sp³-hybridized carbons (Fsp3) is 0.176. The number of nitrogen functional groups attached to an aromatic ring is 1. The van der Waals surface area contributed by atoms with Crippen molar-refractivity contribution in [2.75, 3.05) is 5.73 Å². The topological polar surface area (TPSA) is 103 Å². The Morgan fingerprint density at radius 1 is 1.35 bits per heavy atom. The van der Waals surface area contributed by atoms with Crippen molar-refractivity contribution in [1.29, 1.82) is 0 Å². The molecule has 4 rings (SSSR count). The zero-order valence-corrected chi connectivity index (χ0v) is 15.1. The second-order valence-electron chi connectivity index (χ2n) is 5.98. The number of nitrogens with two attached hydrogens (primary N) is 1. The van der Waals surface area contributed by atoms with Crippen LogP contribution in [0.5, 0.6) is 0 Å². The lowest BCUT2D eigenvalue weighted by atomic mass is 10.1. The van der Waals surface area contributed by atoms with Crippen LogP contribution in [0.4, 0.5) is 5.95 Å². The van der Waals surface area contributed by atoms with Crippen LogP contribution >= 0.6 is 11.3 Å². The van der Waals surface area contributed by atoms with Crippen molar-refractivity contribution >= 4 is 28.8 Å².